The van der Waals surface area contributed by atoms with Crippen molar-refractivity contribution in [1.82, 2.24) is 0 Å². The van der Waals surface area contributed by atoms with Crippen LogP contribution >= 0.6 is 0 Å². The van der Waals surface area contributed by atoms with Crippen LogP contribution in [-0.2, 0) is 10.8 Å². The number of hydrogen-bond acceptors (Lipinski definition) is 2. The Balaban J connectivity index is 1.13. The predicted molar refractivity (Wildman–Crippen MR) is 285 cm³/mol. The molecule has 324 valence electrons. The minimum Gasteiger partial charge on any atom is -0.455 e. The Labute approximate surface area is 405 Å². The van der Waals surface area contributed by atoms with Crippen molar-refractivity contribution in [3.05, 3.63) is 287 Å². The Kier molecular flexibility index (Phi) is 7.51. The summed E-state index contributed by atoms with van der Waals surface area (Å²) in [5.74, 6) is 1.76. The van der Waals surface area contributed by atoms with Gasteiger partial charge in [-0.1, -0.05) is 218 Å². The number of furan rings is 2. The van der Waals surface area contributed by atoms with Crippen molar-refractivity contribution in [2.75, 3.05) is 0 Å². The van der Waals surface area contributed by atoms with Crippen molar-refractivity contribution in [2.45, 2.75) is 10.8 Å². The van der Waals surface area contributed by atoms with Gasteiger partial charge in [0, 0.05) is 33.0 Å². The number of hydrogen-bond donors (Lipinski definition) is 0. The standard InChI is InChI=1S/C68H40O2/c1-5-21-41(22-6-1)61-51-37-49-57(39-59(51)69-65(61)43-25-9-3-10-26-43)67(53-33-17-13-29-45(53)46-30-14-18-34-54(46)67)64-50-38-52-60(70-66(44-27-11-4-12-28-44)62(52)42-23-7-2-8-24-42)40-58(50)68(63(49)64)55-35-19-15-31-47(55)48-32-16-20-36-56(48)68/h1-40H. The highest BCUT2D eigenvalue weighted by atomic mass is 16.3. The summed E-state index contributed by atoms with van der Waals surface area (Å²) in [6.07, 6.45) is 0. The molecule has 16 rings (SSSR count). The van der Waals surface area contributed by atoms with E-state index >= 15 is 0 Å². The van der Waals surface area contributed by atoms with E-state index < -0.39 is 10.8 Å². The Hall–Kier alpha value is -8.98. The monoisotopic (exact) mass is 888 g/mol. The molecule has 2 heterocycles. The molecule has 0 saturated heterocycles. The van der Waals surface area contributed by atoms with E-state index in [1.54, 1.807) is 0 Å². The molecule has 70 heavy (non-hydrogen) atoms. The molecule has 0 N–H and O–H groups in total. The van der Waals surface area contributed by atoms with Crippen LogP contribution in [0.1, 0.15) is 44.5 Å². The highest BCUT2D eigenvalue weighted by Gasteiger charge is 2.64. The summed E-state index contributed by atoms with van der Waals surface area (Å²) in [5.41, 5.74) is 24.9. The quantitative estimate of drug-likeness (QED) is 0.176. The zero-order valence-corrected chi connectivity index (χ0v) is 37.9. The zero-order chi connectivity index (χ0) is 45.7. The van der Waals surface area contributed by atoms with Crippen molar-refractivity contribution in [3.8, 4) is 67.2 Å². The summed E-state index contributed by atoms with van der Waals surface area (Å²) in [5, 5.41) is 2.20. The molecular formula is C68H40O2. The third-order valence-electron chi connectivity index (χ3n) is 16.1. The van der Waals surface area contributed by atoms with Crippen LogP contribution in [0.25, 0.3) is 100 Å². The normalized spacial score (nSPS) is 14.7. The van der Waals surface area contributed by atoms with Crippen LogP contribution in [0.4, 0.5) is 0 Å². The Bertz CT molecular complexity index is 3840. The second-order valence-corrected chi connectivity index (χ2v) is 19.3. The third-order valence-corrected chi connectivity index (χ3v) is 16.1. The molecule has 2 aromatic heterocycles. The zero-order valence-electron chi connectivity index (χ0n) is 37.9. The first-order valence-corrected chi connectivity index (χ1v) is 24.3. The lowest BCUT2D eigenvalue weighted by molar-refractivity contribution is 0.631. The van der Waals surface area contributed by atoms with E-state index in [0.717, 1.165) is 66.8 Å². The molecule has 4 aliphatic carbocycles. The largest absolute Gasteiger partial charge is 0.455 e. The van der Waals surface area contributed by atoms with E-state index in [4.69, 9.17) is 8.83 Å². The second-order valence-electron chi connectivity index (χ2n) is 19.3. The average Bonchev–Trinajstić information content (AvgIpc) is 4.27. The van der Waals surface area contributed by atoms with E-state index in [9.17, 15) is 0 Å². The number of allylic oxidation sites excluding steroid dienone is 2. The summed E-state index contributed by atoms with van der Waals surface area (Å²) < 4.78 is 14.6. The second kappa shape index (κ2) is 13.8. The van der Waals surface area contributed by atoms with Crippen LogP contribution in [-0.4, -0.2) is 0 Å². The molecule has 0 saturated carbocycles. The maximum atomic E-state index is 7.30. The fourth-order valence-electron chi connectivity index (χ4n) is 13.6. The molecule has 0 atom stereocenters. The van der Waals surface area contributed by atoms with Crippen molar-refractivity contribution in [1.29, 1.82) is 0 Å². The number of fused-ring (bicyclic) bond motifs is 20. The fourth-order valence-corrected chi connectivity index (χ4v) is 13.6. The predicted octanol–water partition coefficient (Wildman–Crippen LogP) is 17.4. The lowest BCUT2D eigenvalue weighted by Gasteiger charge is -2.34. The summed E-state index contributed by atoms with van der Waals surface area (Å²) in [4.78, 5) is 0. The molecular weight excluding hydrogens is 849 g/mol. The van der Waals surface area contributed by atoms with Gasteiger partial charge in [0.1, 0.15) is 22.7 Å². The Morgan fingerprint density at radius 3 is 0.857 bits per heavy atom. The minimum absolute atomic E-state index is 0.698. The first-order valence-electron chi connectivity index (χ1n) is 24.3. The van der Waals surface area contributed by atoms with Crippen molar-refractivity contribution >= 4 is 33.1 Å². The van der Waals surface area contributed by atoms with Crippen LogP contribution in [0.15, 0.2) is 251 Å². The van der Waals surface area contributed by atoms with Crippen LogP contribution in [0.3, 0.4) is 0 Å². The molecule has 0 bridgehead atoms. The highest BCUT2D eigenvalue weighted by molar-refractivity contribution is 6.22. The van der Waals surface area contributed by atoms with Gasteiger partial charge in [0.05, 0.1) is 10.8 Å². The van der Waals surface area contributed by atoms with E-state index in [1.165, 1.54) is 77.9 Å². The van der Waals surface area contributed by atoms with E-state index in [2.05, 4.69) is 243 Å². The summed E-state index contributed by atoms with van der Waals surface area (Å²) in [7, 11) is 0. The van der Waals surface area contributed by atoms with Gasteiger partial charge in [0.2, 0.25) is 0 Å². The lowest BCUT2D eigenvalue weighted by Crippen LogP contribution is -2.28. The summed E-state index contributed by atoms with van der Waals surface area (Å²) >= 11 is 0. The van der Waals surface area contributed by atoms with Crippen molar-refractivity contribution in [3.63, 3.8) is 0 Å². The van der Waals surface area contributed by atoms with E-state index in [0.29, 0.717) is 0 Å². The summed E-state index contributed by atoms with van der Waals surface area (Å²) in [6.45, 7) is 0. The molecule has 0 aliphatic heterocycles. The lowest BCUT2D eigenvalue weighted by atomic mass is 9.66. The van der Waals surface area contributed by atoms with Gasteiger partial charge in [0.15, 0.2) is 0 Å². The first-order chi connectivity index (χ1) is 34.7. The minimum atomic E-state index is -0.698. The third kappa shape index (κ3) is 4.64. The highest BCUT2D eigenvalue weighted by Crippen LogP contribution is 2.75. The van der Waals surface area contributed by atoms with Crippen LogP contribution in [0.5, 0.6) is 0 Å². The van der Waals surface area contributed by atoms with Gasteiger partial charge in [0.25, 0.3) is 0 Å². The first kappa shape index (κ1) is 38.0. The molecule has 0 amide bonds. The van der Waals surface area contributed by atoms with Crippen LogP contribution < -0.4 is 0 Å². The number of benzene rings is 10. The molecule has 12 aromatic rings. The Morgan fingerprint density at radius 2 is 0.529 bits per heavy atom. The SMILES string of the molecule is c1ccc(-c2oc3cc4c(cc3c2-c2ccccc2)C2=C(c3cc5c(-c6ccccc6)c(-c6ccccc6)oc5cc3C23c2ccccc2-c2ccccc23)C42c3ccccc3-c3ccccc32)cc1. The van der Waals surface area contributed by atoms with Gasteiger partial charge in [-0.3, -0.25) is 0 Å². The molecule has 2 heteroatoms. The van der Waals surface area contributed by atoms with Gasteiger partial charge in [-0.2, -0.15) is 0 Å². The van der Waals surface area contributed by atoms with Gasteiger partial charge < -0.3 is 8.83 Å². The molecule has 0 fully saturated rings. The average molecular weight is 889 g/mol. The topological polar surface area (TPSA) is 26.3 Å². The maximum absolute atomic E-state index is 7.30. The smallest absolute Gasteiger partial charge is 0.143 e. The molecule has 2 spiro atoms. The van der Waals surface area contributed by atoms with Gasteiger partial charge in [-0.25, -0.2) is 0 Å². The number of rotatable bonds is 4. The van der Waals surface area contributed by atoms with Crippen molar-refractivity contribution in [2.24, 2.45) is 0 Å². The molecule has 0 unspecified atom stereocenters. The van der Waals surface area contributed by atoms with Gasteiger partial charge in [-0.05, 0) is 113 Å². The fraction of sp³-hybridized carbons (Fsp3) is 0.0294. The van der Waals surface area contributed by atoms with Gasteiger partial charge >= 0.3 is 0 Å². The Morgan fingerprint density at radius 1 is 0.243 bits per heavy atom. The van der Waals surface area contributed by atoms with Crippen molar-refractivity contribution < 1.29 is 8.83 Å². The molecule has 10 aromatic carbocycles. The van der Waals surface area contributed by atoms with E-state index in [1.807, 2.05) is 0 Å². The maximum Gasteiger partial charge on any atom is 0.143 e. The molecule has 0 radical (unpaired) electrons. The van der Waals surface area contributed by atoms with Gasteiger partial charge in [-0.15, -0.1) is 0 Å². The summed E-state index contributed by atoms with van der Waals surface area (Å²) in [6, 6.07) is 89.4. The molecule has 2 nitrogen and oxygen atoms in total. The van der Waals surface area contributed by atoms with E-state index in [-0.39, 0.29) is 0 Å². The molecule has 4 aliphatic rings. The van der Waals surface area contributed by atoms with Crippen LogP contribution in [0, 0.1) is 0 Å². The van der Waals surface area contributed by atoms with Crippen LogP contribution in [0.2, 0.25) is 0 Å².